The van der Waals surface area contributed by atoms with E-state index in [9.17, 15) is 0 Å². The Bertz CT molecular complexity index is 325. The third-order valence-corrected chi connectivity index (χ3v) is 2.95. The maximum absolute atomic E-state index is 4.32. The quantitative estimate of drug-likeness (QED) is 0.723. The maximum Gasteiger partial charge on any atom is 0.140 e. The van der Waals surface area contributed by atoms with Gasteiger partial charge in [0.05, 0.1) is 6.54 Å². The molecule has 0 unspecified atom stereocenters. The minimum Gasteiger partial charge on any atom is -0.305 e. The van der Waals surface area contributed by atoms with Gasteiger partial charge in [0, 0.05) is 12.1 Å². The van der Waals surface area contributed by atoms with Crippen LogP contribution in [0.3, 0.4) is 0 Å². The molecule has 1 rings (SSSR count). The molecular formula is C14H28N4. The molecule has 0 fully saturated rings. The molecule has 0 atom stereocenters. The first-order valence-electron chi connectivity index (χ1n) is 7.14. The van der Waals surface area contributed by atoms with Gasteiger partial charge in [0.15, 0.2) is 0 Å². The summed E-state index contributed by atoms with van der Waals surface area (Å²) in [6.45, 7) is 10.5. The minimum absolute atomic E-state index is 0.123. The van der Waals surface area contributed by atoms with E-state index in [1.54, 1.807) is 6.33 Å². The molecule has 1 aromatic rings. The van der Waals surface area contributed by atoms with Gasteiger partial charge in [0.25, 0.3) is 0 Å². The second-order valence-electron chi connectivity index (χ2n) is 5.92. The van der Waals surface area contributed by atoms with Crippen LogP contribution in [-0.4, -0.2) is 20.3 Å². The standard InChI is InChI=1S/C14H28N4/c1-5-6-7-8-9-10-18-13(15-12-17-18)11-16-14(2,3)4/h12,16H,5-11H2,1-4H3. The van der Waals surface area contributed by atoms with E-state index in [0.29, 0.717) is 0 Å². The van der Waals surface area contributed by atoms with Crippen molar-refractivity contribution in [2.75, 3.05) is 0 Å². The molecule has 0 aliphatic heterocycles. The fraction of sp³-hybridized carbons (Fsp3) is 0.857. The summed E-state index contributed by atoms with van der Waals surface area (Å²) < 4.78 is 2.03. The lowest BCUT2D eigenvalue weighted by atomic mass is 10.1. The van der Waals surface area contributed by atoms with E-state index >= 15 is 0 Å². The van der Waals surface area contributed by atoms with E-state index in [4.69, 9.17) is 0 Å². The zero-order chi connectivity index (χ0) is 13.4. The van der Waals surface area contributed by atoms with Crippen molar-refractivity contribution < 1.29 is 0 Å². The Kier molecular flexibility index (Phi) is 6.33. The lowest BCUT2D eigenvalue weighted by Gasteiger charge is -2.20. The van der Waals surface area contributed by atoms with Crippen molar-refractivity contribution in [2.24, 2.45) is 0 Å². The molecule has 0 aliphatic rings. The third-order valence-electron chi connectivity index (χ3n) is 2.95. The molecule has 0 aromatic carbocycles. The molecule has 0 aliphatic carbocycles. The first kappa shape index (κ1) is 15.2. The third kappa shape index (κ3) is 6.15. The van der Waals surface area contributed by atoms with E-state index in [1.807, 2.05) is 4.68 Å². The normalized spacial score (nSPS) is 12.0. The Morgan fingerprint density at radius 3 is 2.56 bits per heavy atom. The Hall–Kier alpha value is -0.900. The van der Waals surface area contributed by atoms with Gasteiger partial charge in [0.1, 0.15) is 12.2 Å². The first-order valence-corrected chi connectivity index (χ1v) is 7.14. The topological polar surface area (TPSA) is 42.7 Å². The van der Waals surface area contributed by atoms with E-state index in [0.717, 1.165) is 18.9 Å². The predicted octanol–water partition coefficient (Wildman–Crippen LogP) is 3.14. The Morgan fingerprint density at radius 1 is 1.17 bits per heavy atom. The van der Waals surface area contributed by atoms with E-state index < -0.39 is 0 Å². The molecule has 1 aromatic heterocycles. The zero-order valence-electron chi connectivity index (χ0n) is 12.4. The molecule has 1 N–H and O–H groups in total. The van der Waals surface area contributed by atoms with Crippen LogP contribution in [0.25, 0.3) is 0 Å². The van der Waals surface area contributed by atoms with Crippen LogP contribution in [0, 0.1) is 0 Å². The van der Waals surface area contributed by atoms with Crippen molar-refractivity contribution in [3.8, 4) is 0 Å². The number of hydrogen-bond acceptors (Lipinski definition) is 3. The van der Waals surface area contributed by atoms with Crippen LogP contribution in [0.15, 0.2) is 6.33 Å². The van der Waals surface area contributed by atoms with Gasteiger partial charge in [-0.05, 0) is 27.2 Å². The molecule has 18 heavy (non-hydrogen) atoms. The van der Waals surface area contributed by atoms with Crippen molar-refractivity contribution in [3.63, 3.8) is 0 Å². The number of aromatic nitrogens is 3. The summed E-state index contributed by atoms with van der Waals surface area (Å²) in [5, 5.41) is 7.75. The van der Waals surface area contributed by atoms with Crippen molar-refractivity contribution in [3.05, 3.63) is 12.2 Å². The molecule has 0 spiro atoms. The number of nitrogens with one attached hydrogen (secondary N) is 1. The Labute approximate surface area is 111 Å². The van der Waals surface area contributed by atoms with Crippen LogP contribution in [0.4, 0.5) is 0 Å². The van der Waals surface area contributed by atoms with E-state index in [-0.39, 0.29) is 5.54 Å². The first-order chi connectivity index (χ1) is 8.53. The van der Waals surface area contributed by atoms with Crippen molar-refractivity contribution in [2.45, 2.75) is 78.4 Å². The highest BCUT2D eigenvalue weighted by molar-refractivity contribution is 4.86. The average molecular weight is 252 g/mol. The smallest absolute Gasteiger partial charge is 0.140 e. The van der Waals surface area contributed by atoms with Crippen LogP contribution in [0.2, 0.25) is 0 Å². The molecule has 4 nitrogen and oxygen atoms in total. The summed E-state index contributed by atoms with van der Waals surface area (Å²) in [5.41, 5.74) is 0.123. The van der Waals surface area contributed by atoms with Crippen LogP contribution >= 0.6 is 0 Å². The van der Waals surface area contributed by atoms with Crippen LogP contribution in [0.5, 0.6) is 0 Å². The van der Waals surface area contributed by atoms with Crippen LogP contribution < -0.4 is 5.32 Å². The Morgan fingerprint density at radius 2 is 1.89 bits per heavy atom. The molecule has 0 bridgehead atoms. The Balaban J connectivity index is 2.31. The highest BCUT2D eigenvalue weighted by atomic mass is 15.3. The van der Waals surface area contributed by atoms with Gasteiger partial charge in [-0.3, -0.25) is 0 Å². The average Bonchev–Trinajstić information content (AvgIpc) is 2.73. The van der Waals surface area contributed by atoms with E-state index in [2.05, 4.69) is 43.1 Å². The van der Waals surface area contributed by atoms with Crippen molar-refractivity contribution >= 4 is 0 Å². The molecule has 104 valence electrons. The fourth-order valence-corrected chi connectivity index (χ4v) is 1.82. The van der Waals surface area contributed by atoms with Gasteiger partial charge in [0.2, 0.25) is 0 Å². The van der Waals surface area contributed by atoms with E-state index in [1.165, 1.54) is 32.1 Å². The summed E-state index contributed by atoms with van der Waals surface area (Å²) in [6, 6.07) is 0. The van der Waals surface area contributed by atoms with Crippen LogP contribution in [0.1, 0.15) is 65.6 Å². The number of unbranched alkanes of at least 4 members (excludes halogenated alkanes) is 4. The maximum atomic E-state index is 4.32. The summed E-state index contributed by atoms with van der Waals surface area (Å²) in [5.74, 6) is 1.04. The summed E-state index contributed by atoms with van der Waals surface area (Å²) in [7, 11) is 0. The highest BCUT2D eigenvalue weighted by Gasteiger charge is 2.11. The number of aryl methyl sites for hydroxylation is 1. The lowest BCUT2D eigenvalue weighted by molar-refractivity contribution is 0.405. The molecule has 0 saturated carbocycles. The number of nitrogens with zero attached hydrogens (tertiary/aromatic N) is 3. The summed E-state index contributed by atoms with van der Waals surface area (Å²) in [4.78, 5) is 4.32. The fourth-order valence-electron chi connectivity index (χ4n) is 1.82. The van der Waals surface area contributed by atoms with Gasteiger partial charge in [-0.1, -0.05) is 32.6 Å². The van der Waals surface area contributed by atoms with Gasteiger partial charge >= 0.3 is 0 Å². The molecule has 0 amide bonds. The van der Waals surface area contributed by atoms with Gasteiger partial charge in [-0.25, -0.2) is 9.67 Å². The monoisotopic (exact) mass is 252 g/mol. The van der Waals surface area contributed by atoms with Crippen LogP contribution in [-0.2, 0) is 13.1 Å². The lowest BCUT2D eigenvalue weighted by Crippen LogP contribution is -2.36. The predicted molar refractivity (Wildman–Crippen MR) is 75.4 cm³/mol. The summed E-state index contributed by atoms with van der Waals surface area (Å²) in [6.07, 6.45) is 8.12. The van der Waals surface area contributed by atoms with Gasteiger partial charge in [-0.15, -0.1) is 0 Å². The van der Waals surface area contributed by atoms with Crippen molar-refractivity contribution in [1.29, 1.82) is 0 Å². The number of rotatable bonds is 8. The molecule has 0 radical (unpaired) electrons. The SMILES string of the molecule is CCCCCCCn1ncnc1CNC(C)(C)C. The number of hydrogen-bond donors (Lipinski definition) is 1. The molecular weight excluding hydrogens is 224 g/mol. The largest absolute Gasteiger partial charge is 0.305 e. The zero-order valence-corrected chi connectivity index (χ0v) is 12.4. The molecule has 0 saturated heterocycles. The highest BCUT2D eigenvalue weighted by Crippen LogP contribution is 2.06. The molecule has 1 heterocycles. The van der Waals surface area contributed by atoms with Gasteiger partial charge in [-0.2, -0.15) is 5.10 Å². The minimum atomic E-state index is 0.123. The second kappa shape index (κ2) is 7.52. The van der Waals surface area contributed by atoms with Crippen molar-refractivity contribution in [1.82, 2.24) is 20.1 Å². The molecule has 4 heteroatoms. The van der Waals surface area contributed by atoms with Gasteiger partial charge < -0.3 is 5.32 Å². The summed E-state index contributed by atoms with van der Waals surface area (Å²) >= 11 is 0. The second-order valence-corrected chi connectivity index (χ2v) is 5.92.